The third-order valence-corrected chi connectivity index (χ3v) is 6.40. The Balaban J connectivity index is 1.92. The molecule has 1 aliphatic rings. The van der Waals surface area contributed by atoms with Crippen molar-refractivity contribution in [3.05, 3.63) is 64.7 Å². The maximum Gasteiger partial charge on any atom is 0.241 e. The summed E-state index contributed by atoms with van der Waals surface area (Å²) in [7, 11) is -3.89. The number of piperidine rings is 1. The van der Waals surface area contributed by atoms with Gasteiger partial charge >= 0.3 is 0 Å². The fourth-order valence-electron chi connectivity index (χ4n) is 3.35. The summed E-state index contributed by atoms with van der Waals surface area (Å²) in [6.07, 6.45) is 0.579. The van der Waals surface area contributed by atoms with Gasteiger partial charge in [-0.15, -0.1) is 0 Å². The molecule has 0 aromatic heterocycles. The topological polar surface area (TPSA) is 82.0 Å². The molecule has 1 aliphatic heterocycles. The number of nitriles is 1. The molecule has 3 rings (SSSR count). The number of halogens is 2. The van der Waals surface area contributed by atoms with E-state index in [1.807, 2.05) is 6.07 Å². The molecule has 2 unspecified atom stereocenters. The molecule has 5 nitrogen and oxygen atoms in total. The molecule has 27 heavy (non-hydrogen) atoms. The van der Waals surface area contributed by atoms with Crippen molar-refractivity contribution in [2.75, 3.05) is 13.1 Å². The highest BCUT2D eigenvalue weighted by atomic mass is 32.2. The molecule has 0 saturated carbocycles. The summed E-state index contributed by atoms with van der Waals surface area (Å²) in [6.45, 7) is 2.66. The average Bonchev–Trinajstić information content (AvgIpc) is 2.64. The predicted octanol–water partition coefficient (Wildman–Crippen LogP) is 2.57. The molecule has 142 valence electrons. The second-order valence-electron chi connectivity index (χ2n) is 6.59. The molecule has 2 atom stereocenters. The largest absolute Gasteiger partial charge is 0.315 e. The molecule has 0 aliphatic carbocycles. The first-order valence-electron chi connectivity index (χ1n) is 8.50. The fraction of sp³-hybridized carbons (Fsp3) is 0.316. The van der Waals surface area contributed by atoms with E-state index in [-0.39, 0.29) is 16.4 Å². The first-order valence-corrected chi connectivity index (χ1v) is 9.99. The van der Waals surface area contributed by atoms with Crippen LogP contribution in [0.5, 0.6) is 0 Å². The molecular formula is C19H19F2N3O2S. The van der Waals surface area contributed by atoms with Gasteiger partial charge < -0.3 is 5.32 Å². The minimum Gasteiger partial charge on any atom is -0.315 e. The van der Waals surface area contributed by atoms with Crippen LogP contribution in [0.3, 0.4) is 0 Å². The lowest BCUT2D eigenvalue weighted by molar-refractivity contribution is 0.376. The Morgan fingerprint density at radius 2 is 1.96 bits per heavy atom. The van der Waals surface area contributed by atoms with Crippen LogP contribution in [0.15, 0.2) is 41.3 Å². The molecule has 1 heterocycles. The van der Waals surface area contributed by atoms with E-state index in [0.29, 0.717) is 30.6 Å². The minimum atomic E-state index is -3.89. The monoisotopic (exact) mass is 391 g/mol. The summed E-state index contributed by atoms with van der Waals surface area (Å²) in [5.41, 5.74) is 1.32. The molecule has 2 aromatic carbocycles. The summed E-state index contributed by atoms with van der Waals surface area (Å²) in [5, 5.41) is 12.2. The normalized spacial score (nSPS) is 20.2. The van der Waals surface area contributed by atoms with E-state index in [0.717, 1.165) is 12.1 Å². The number of nitrogens with one attached hydrogen (secondary N) is 2. The Hall–Kier alpha value is -2.34. The number of hydrogen-bond donors (Lipinski definition) is 2. The first kappa shape index (κ1) is 19.4. The lowest BCUT2D eigenvalue weighted by atomic mass is 9.86. The Labute approximate surface area is 157 Å². The van der Waals surface area contributed by atoms with E-state index < -0.39 is 27.7 Å². The summed E-state index contributed by atoms with van der Waals surface area (Å²) < 4.78 is 55.4. The van der Waals surface area contributed by atoms with Crippen LogP contribution >= 0.6 is 0 Å². The van der Waals surface area contributed by atoms with E-state index in [1.54, 1.807) is 19.1 Å². The van der Waals surface area contributed by atoms with E-state index in [9.17, 15) is 17.2 Å². The van der Waals surface area contributed by atoms with Crippen LogP contribution < -0.4 is 10.0 Å². The van der Waals surface area contributed by atoms with E-state index in [4.69, 9.17) is 5.26 Å². The zero-order valence-corrected chi connectivity index (χ0v) is 15.5. The molecule has 1 fully saturated rings. The zero-order chi connectivity index (χ0) is 19.6. The first-order chi connectivity index (χ1) is 12.8. The Morgan fingerprint density at radius 3 is 2.67 bits per heavy atom. The van der Waals surface area contributed by atoms with Gasteiger partial charge in [0.15, 0.2) is 11.6 Å². The van der Waals surface area contributed by atoms with Gasteiger partial charge in [-0.05, 0) is 55.3 Å². The van der Waals surface area contributed by atoms with Crippen molar-refractivity contribution in [2.24, 2.45) is 0 Å². The predicted molar refractivity (Wildman–Crippen MR) is 96.6 cm³/mol. The standard InChI is InChI=1S/C19H19F2N3O2S/c1-12-2-3-13(10-22)8-19(12)27(25,26)24-18-11-23-7-6-15(18)14-4-5-16(20)17(21)9-14/h2-5,8-9,15,18,23-24H,6-7,11H2,1H3. The van der Waals surface area contributed by atoms with Gasteiger partial charge in [-0.1, -0.05) is 12.1 Å². The van der Waals surface area contributed by atoms with Gasteiger partial charge in [0.1, 0.15) is 0 Å². The zero-order valence-electron chi connectivity index (χ0n) is 14.7. The van der Waals surface area contributed by atoms with Crippen molar-refractivity contribution >= 4 is 10.0 Å². The quantitative estimate of drug-likeness (QED) is 0.839. The van der Waals surface area contributed by atoms with Crippen molar-refractivity contribution in [1.82, 2.24) is 10.0 Å². The van der Waals surface area contributed by atoms with Crippen LogP contribution in [0.25, 0.3) is 0 Å². The highest BCUT2D eigenvalue weighted by Crippen LogP contribution is 2.28. The highest BCUT2D eigenvalue weighted by Gasteiger charge is 2.31. The molecule has 0 bridgehead atoms. The van der Waals surface area contributed by atoms with Gasteiger partial charge in [-0.3, -0.25) is 0 Å². The summed E-state index contributed by atoms with van der Waals surface area (Å²) in [6, 6.07) is 9.54. The van der Waals surface area contributed by atoms with E-state index >= 15 is 0 Å². The highest BCUT2D eigenvalue weighted by molar-refractivity contribution is 7.89. The van der Waals surface area contributed by atoms with Crippen molar-refractivity contribution in [1.29, 1.82) is 5.26 Å². The van der Waals surface area contributed by atoms with Gasteiger partial charge in [0, 0.05) is 18.5 Å². The molecular weight excluding hydrogens is 372 g/mol. The van der Waals surface area contributed by atoms with Crippen LogP contribution in [0.1, 0.15) is 29.0 Å². The van der Waals surface area contributed by atoms with Gasteiger partial charge in [0.25, 0.3) is 0 Å². The van der Waals surface area contributed by atoms with Gasteiger partial charge in [-0.2, -0.15) is 5.26 Å². The third-order valence-electron chi connectivity index (χ3n) is 4.77. The van der Waals surface area contributed by atoms with Crippen molar-refractivity contribution in [3.8, 4) is 6.07 Å². The minimum absolute atomic E-state index is 0.0381. The second kappa shape index (κ2) is 7.72. The van der Waals surface area contributed by atoms with E-state index in [1.165, 1.54) is 12.1 Å². The van der Waals surface area contributed by atoms with Crippen molar-refractivity contribution in [3.63, 3.8) is 0 Å². The number of aryl methyl sites for hydroxylation is 1. The molecule has 0 spiro atoms. The maximum absolute atomic E-state index is 13.6. The molecule has 0 amide bonds. The van der Waals surface area contributed by atoms with Crippen LogP contribution in [0.2, 0.25) is 0 Å². The lowest BCUT2D eigenvalue weighted by Gasteiger charge is -2.33. The van der Waals surface area contributed by atoms with Crippen LogP contribution in [-0.2, 0) is 10.0 Å². The fourth-order valence-corrected chi connectivity index (χ4v) is 4.89. The number of sulfonamides is 1. The molecule has 0 radical (unpaired) electrons. The lowest BCUT2D eigenvalue weighted by Crippen LogP contribution is -2.50. The number of nitrogens with zero attached hydrogens (tertiary/aromatic N) is 1. The van der Waals surface area contributed by atoms with Gasteiger partial charge in [0.05, 0.1) is 16.5 Å². The number of benzene rings is 2. The van der Waals surface area contributed by atoms with E-state index in [2.05, 4.69) is 10.0 Å². The molecule has 2 N–H and O–H groups in total. The Morgan fingerprint density at radius 1 is 1.19 bits per heavy atom. The number of hydrogen-bond acceptors (Lipinski definition) is 4. The average molecular weight is 391 g/mol. The van der Waals surface area contributed by atoms with Crippen molar-refractivity contribution < 1.29 is 17.2 Å². The van der Waals surface area contributed by atoms with Crippen LogP contribution in [-0.4, -0.2) is 27.5 Å². The molecule has 8 heteroatoms. The number of rotatable bonds is 4. The van der Waals surface area contributed by atoms with Crippen LogP contribution in [0.4, 0.5) is 8.78 Å². The Bertz CT molecular complexity index is 1000. The van der Waals surface area contributed by atoms with Crippen LogP contribution in [0, 0.1) is 29.9 Å². The molecule has 2 aromatic rings. The third kappa shape index (κ3) is 4.16. The second-order valence-corrected chi connectivity index (χ2v) is 8.28. The smallest absolute Gasteiger partial charge is 0.241 e. The Kier molecular flexibility index (Phi) is 5.56. The maximum atomic E-state index is 13.6. The van der Waals surface area contributed by atoms with Gasteiger partial charge in [-0.25, -0.2) is 21.9 Å². The van der Waals surface area contributed by atoms with Gasteiger partial charge in [0.2, 0.25) is 10.0 Å². The SMILES string of the molecule is Cc1ccc(C#N)cc1S(=O)(=O)NC1CNCCC1c1ccc(F)c(F)c1. The van der Waals surface area contributed by atoms with Crippen molar-refractivity contribution in [2.45, 2.75) is 30.2 Å². The summed E-state index contributed by atoms with van der Waals surface area (Å²) >= 11 is 0. The summed E-state index contributed by atoms with van der Waals surface area (Å²) in [5.74, 6) is -2.19. The molecule has 1 saturated heterocycles. The summed E-state index contributed by atoms with van der Waals surface area (Å²) in [4.78, 5) is 0.0381.